The highest BCUT2D eigenvalue weighted by molar-refractivity contribution is 7.70. The van der Waals surface area contributed by atoms with E-state index in [2.05, 4.69) is 32.5 Å². The molecule has 154 valence electrons. The van der Waals surface area contributed by atoms with Crippen molar-refractivity contribution < 1.29 is 9.36 Å². The Morgan fingerprint density at radius 1 is 1.28 bits per heavy atom. The number of nitrogens with zero attached hydrogens (tertiary/aromatic N) is 2. The predicted molar refractivity (Wildman–Crippen MR) is 119 cm³/mol. The maximum atomic E-state index is 12.6. The number of rotatable bonds is 7. The molecular weight excluding hydrogens is 409 g/mol. The molecular formula is C20H25ClN5O2P. The summed E-state index contributed by atoms with van der Waals surface area (Å²) in [6.45, 7) is 6.93. The summed E-state index contributed by atoms with van der Waals surface area (Å²) in [7, 11) is -2.47. The van der Waals surface area contributed by atoms with E-state index in [1.54, 1.807) is 13.3 Å². The molecule has 3 rings (SSSR count). The number of halogens is 1. The fourth-order valence-corrected chi connectivity index (χ4v) is 4.68. The number of para-hydroxylation sites is 1. The van der Waals surface area contributed by atoms with Gasteiger partial charge in [0, 0.05) is 17.4 Å². The lowest BCUT2D eigenvalue weighted by molar-refractivity contribution is -0.117. The van der Waals surface area contributed by atoms with Crippen molar-refractivity contribution in [2.45, 2.75) is 31.3 Å². The number of nitrogens with one attached hydrogen (secondary N) is 3. The molecule has 29 heavy (non-hydrogen) atoms. The molecule has 7 nitrogen and oxygen atoms in total. The number of anilines is 3. The van der Waals surface area contributed by atoms with E-state index >= 15 is 0 Å². The lowest BCUT2D eigenvalue weighted by atomic mass is 10.2. The van der Waals surface area contributed by atoms with E-state index in [4.69, 9.17) is 11.6 Å². The van der Waals surface area contributed by atoms with E-state index in [1.807, 2.05) is 24.3 Å². The summed E-state index contributed by atoms with van der Waals surface area (Å²) in [6.07, 6.45) is 5.38. The highest BCUT2D eigenvalue weighted by Gasteiger charge is 2.26. The summed E-state index contributed by atoms with van der Waals surface area (Å²) in [4.78, 5) is 20.2. The number of aromatic nitrogens is 2. The molecule has 1 fully saturated rings. The molecule has 1 aromatic carbocycles. The van der Waals surface area contributed by atoms with Gasteiger partial charge in [0.2, 0.25) is 11.9 Å². The SMILES string of the molecule is C=CC(=O)N[C@@H]1CC[C@@H](Nc2ncc(Cl)c(Nc3ccccc3P(C)(C)=O)n2)C1. The number of hydrogen-bond acceptors (Lipinski definition) is 6. The first kappa shape index (κ1) is 21.3. The topological polar surface area (TPSA) is 96.0 Å². The Hall–Kier alpha value is -2.37. The average molecular weight is 434 g/mol. The van der Waals surface area contributed by atoms with Gasteiger partial charge in [0.1, 0.15) is 12.2 Å². The van der Waals surface area contributed by atoms with Gasteiger partial charge in [0.05, 0.1) is 11.9 Å². The molecule has 1 heterocycles. The van der Waals surface area contributed by atoms with Crippen LogP contribution in [0.3, 0.4) is 0 Å². The van der Waals surface area contributed by atoms with Crippen LogP contribution in [-0.2, 0) is 9.36 Å². The predicted octanol–water partition coefficient (Wildman–Crippen LogP) is 3.76. The van der Waals surface area contributed by atoms with Gasteiger partial charge in [-0.25, -0.2) is 4.98 Å². The number of hydrogen-bond donors (Lipinski definition) is 3. The van der Waals surface area contributed by atoms with Gasteiger partial charge in [-0.3, -0.25) is 4.79 Å². The molecule has 0 aliphatic heterocycles. The van der Waals surface area contributed by atoms with Crippen molar-refractivity contribution in [2.24, 2.45) is 0 Å². The molecule has 0 spiro atoms. The van der Waals surface area contributed by atoms with Crippen LogP contribution in [0.25, 0.3) is 0 Å². The smallest absolute Gasteiger partial charge is 0.243 e. The van der Waals surface area contributed by atoms with E-state index in [9.17, 15) is 9.36 Å². The quantitative estimate of drug-likeness (QED) is 0.454. The molecule has 1 saturated carbocycles. The fourth-order valence-electron chi connectivity index (χ4n) is 3.39. The zero-order valence-corrected chi connectivity index (χ0v) is 18.1. The van der Waals surface area contributed by atoms with Crippen molar-refractivity contribution in [1.82, 2.24) is 15.3 Å². The van der Waals surface area contributed by atoms with Crippen LogP contribution in [0.1, 0.15) is 19.3 Å². The van der Waals surface area contributed by atoms with E-state index in [-0.39, 0.29) is 18.0 Å². The van der Waals surface area contributed by atoms with Gasteiger partial charge >= 0.3 is 0 Å². The maximum absolute atomic E-state index is 12.6. The molecule has 1 aliphatic rings. The van der Waals surface area contributed by atoms with Crippen LogP contribution >= 0.6 is 18.7 Å². The second-order valence-corrected chi connectivity index (χ2v) is 11.0. The Kier molecular flexibility index (Phi) is 6.60. The van der Waals surface area contributed by atoms with Gasteiger partial charge in [0.15, 0.2) is 5.82 Å². The van der Waals surface area contributed by atoms with Crippen LogP contribution in [0.5, 0.6) is 0 Å². The van der Waals surface area contributed by atoms with Crippen molar-refractivity contribution in [2.75, 3.05) is 24.0 Å². The molecule has 0 unspecified atom stereocenters. The maximum Gasteiger partial charge on any atom is 0.243 e. The Balaban J connectivity index is 1.72. The molecule has 2 atom stereocenters. The molecule has 2 aromatic rings. The van der Waals surface area contributed by atoms with Crippen molar-refractivity contribution in [3.63, 3.8) is 0 Å². The summed E-state index contributed by atoms with van der Waals surface area (Å²) in [6, 6.07) is 7.68. The number of carbonyl (C=O) groups is 1. The molecule has 0 radical (unpaired) electrons. The fraction of sp³-hybridized carbons (Fsp3) is 0.350. The summed E-state index contributed by atoms with van der Waals surface area (Å²) < 4.78 is 12.6. The second kappa shape index (κ2) is 8.97. The van der Waals surface area contributed by atoms with Gasteiger partial charge in [0.25, 0.3) is 0 Å². The lowest BCUT2D eigenvalue weighted by Gasteiger charge is -2.17. The normalized spacial score (nSPS) is 18.9. The van der Waals surface area contributed by atoms with Crippen molar-refractivity contribution in [3.8, 4) is 0 Å². The highest BCUT2D eigenvalue weighted by atomic mass is 35.5. The Bertz CT molecular complexity index is 962. The molecule has 1 aliphatic carbocycles. The largest absolute Gasteiger partial charge is 0.351 e. The molecule has 1 aromatic heterocycles. The van der Waals surface area contributed by atoms with Crippen molar-refractivity contribution in [3.05, 3.63) is 48.1 Å². The molecule has 0 saturated heterocycles. The van der Waals surface area contributed by atoms with E-state index in [0.717, 1.165) is 24.6 Å². The molecule has 1 amide bonds. The third-order valence-corrected chi connectivity index (χ3v) is 6.61. The Morgan fingerprint density at radius 3 is 2.72 bits per heavy atom. The second-order valence-electron chi connectivity index (χ2n) is 7.45. The lowest BCUT2D eigenvalue weighted by Crippen LogP contribution is -2.32. The molecule has 0 bridgehead atoms. The molecule has 9 heteroatoms. The number of carbonyl (C=O) groups excluding carboxylic acids is 1. The molecule has 3 N–H and O–H groups in total. The third kappa shape index (κ3) is 5.58. The van der Waals surface area contributed by atoms with Gasteiger partial charge in [-0.1, -0.05) is 30.3 Å². The highest BCUT2D eigenvalue weighted by Crippen LogP contribution is 2.38. The van der Waals surface area contributed by atoms with Crippen LogP contribution < -0.4 is 21.3 Å². The minimum Gasteiger partial charge on any atom is -0.351 e. The van der Waals surface area contributed by atoms with Crippen LogP contribution in [0, 0.1) is 0 Å². The summed E-state index contributed by atoms with van der Waals surface area (Å²) in [5.41, 5.74) is 0.709. The van der Waals surface area contributed by atoms with E-state index in [0.29, 0.717) is 22.5 Å². The number of amides is 1. The Labute approximate surface area is 175 Å². The average Bonchev–Trinajstić information content (AvgIpc) is 3.10. The minimum absolute atomic E-state index is 0.109. The summed E-state index contributed by atoms with van der Waals surface area (Å²) >= 11 is 6.28. The Morgan fingerprint density at radius 2 is 2.00 bits per heavy atom. The van der Waals surface area contributed by atoms with Crippen LogP contribution in [-0.4, -0.2) is 41.3 Å². The standard InChI is InChI=1S/C20H25ClN5O2P/c1-4-18(27)23-13-9-10-14(11-13)24-20-22-12-15(21)19(26-20)25-16-7-5-6-8-17(16)29(2,3)28/h4-8,12-14H,1,9-11H2,2-3H3,(H,23,27)(H2,22,24,25,26)/t13-,14-/m1/s1. The van der Waals surface area contributed by atoms with Gasteiger partial charge in [-0.2, -0.15) is 4.98 Å². The van der Waals surface area contributed by atoms with Crippen molar-refractivity contribution >= 4 is 47.4 Å². The van der Waals surface area contributed by atoms with Crippen LogP contribution in [0.2, 0.25) is 5.02 Å². The van der Waals surface area contributed by atoms with Gasteiger partial charge in [-0.05, 0) is 50.8 Å². The first-order valence-electron chi connectivity index (χ1n) is 9.40. The zero-order valence-electron chi connectivity index (χ0n) is 16.5. The van der Waals surface area contributed by atoms with Crippen LogP contribution in [0.4, 0.5) is 17.5 Å². The summed E-state index contributed by atoms with van der Waals surface area (Å²) in [5.74, 6) is 0.735. The van der Waals surface area contributed by atoms with E-state index < -0.39 is 7.14 Å². The van der Waals surface area contributed by atoms with Gasteiger partial charge < -0.3 is 20.5 Å². The van der Waals surface area contributed by atoms with Crippen LogP contribution in [0.15, 0.2) is 43.1 Å². The number of benzene rings is 1. The van der Waals surface area contributed by atoms with Crippen molar-refractivity contribution in [1.29, 1.82) is 0 Å². The first-order chi connectivity index (χ1) is 13.8. The van der Waals surface area contributed by atoms with Gasteiger partial charge in [-0.15, -0.1) is 0 Å². The first-order valence-corrected chi connectivity index (χ1v) is 12.4. The minimum atomic E-state index is -2.47. The monoisotopic (exact) mass is 433 g/mol. The third-order valence-electron chi connectivity index (χ3n) is 4.78. The zero-order chi connectivity index (χ0) is 21.0. The van der Waals surface area contributed by atoms with E-state index in [1.165, 1.54) is 12.3 Å². The summed E-state index contributed by atoms with van der Waals surface area (Å²) in [5, 5.41) is 10.5.